The normalized spacial score (nSPS) is 14.2. The standard InChI is InChI=1S/C20H23F2N3O/c1-24(20(26)23-18-10-9-16(21)13-17(18)22)14-15-7-3-4-8-19(15)25-11-5-2-6-12-25/h3-4,7-10,13H,2,5-6,11-12,14H2,1H3,(H,23,26). The largest absolute Gasteiger partial charge is 0.371 e. The molecule has 26 heavy (non-hydrogen) atoms. The first kappa shape index (κ1) is 18.2. The molecule has 1 heterocycles. The zero-order valence-corrected chi connectivity index (χ0v) is 14.8. The van der Waals surface area contributed by atoms with Gasteiger partial charge < -0.3 is 15.1 Å². The molecular weight excluding hydrogens is 336 g/mol. The van der Waals surface area contributed by atoms with Crippen LogP contribution in [0.4, 0.5) is 25.0 Å². The van der Waals surface area contributed by atoms with E-state index in [0.29, 0.717) is 6.54 Å². The Morgan fingerprint density at radius 1 is 1.12 bits per heavy atom. The van der Waals surface area contributed by atoms with Crippen LogP contribution in [0.3, 0.4) is 0 Å². The Morgan fingerprint density at radius 2 is 1.85 bits per heavy atom. The molecule has 1 aliphatic heterocycles. The van der Waals surface area contributed by atoms with E-state index < -0.39 is 17.7 Å². The summed E-state index contributed by atoms with van der Waals surface area (Å²) in [7, 11) is 1.66. The maximum Gasteiger partial charge on any atom is 0.321 e. The maximum absolute atomic E-state index is 13.7. The van der Waals surface area contributed by atoms with Crippen molar-refractivity contribution in [2.45, 2.75) is 25.8 Å². The van der Waals surface area contributed by atoms with Gasteiger partial charge in [0.2, 0.25) is 0 Å². The second-order valence-electron chi connectivity index (χ2n) is 6.59. The van der Waals surface area contributed by atoms with Crippen molar-refractivity contribution >= 4 is 17.4 Å². The number of amides is 2. The lowest BCUT2D eigenvalue weighted by atomic mass is 10.1. The van der Waals surface area contributed by atoms with Crippen molar-refractivity contribution in [1.29, 1.82) is 0 Å². The fourth-order valence-corrected chi connectivity index (χ4v) is 3.22. The minimum Gasteiger partial charge on any atom is -0.371 e. The summed E-state index contributed by atoms with van der Waals surface area (Å²) in [6.07, 6.45) is 3.60. The smallest absolute Gasteiger partial charge is 0.321 e. The summed E-state index contributed by atoms with van der Waals surface area (Å²) >= 11 is 0. The predicted octanol–water partition coefficient (Wildman–Crippen LogP) is 4.62. The number of halogens is 2. The van der Waals surface area contributed by atoms with E-state index in [-0.39, 0.29) is 5.69 Å². The van der Waals surface area contributed by atoms with Crippen molar-refractivity contribution in [3.63, 3.8) is 0 Å². The highest BCUT2D eigenvalue weighted by Gasteiger charge is 2.17. The highest BCUT2D eigenvalue weighted by Crippen LogP contribution is 2.25. The molecule has 1 aliphatic rings. The molecule has 6 heteroatoms. The lowest BCUT2D eigenvalue weighted by molar-refractivity contribution is 0.220. The second kappa shape index (κ2) is 8.17. The molecule has 0 aliphatic carbocycles. The van der Waals surface area contributed by atoms with Gasteiger partial charge in [-0.25, -0.2) is 13.6 Å². The van der Waals surface area contributed by atoms with Crippen molar-refractivity contribution in [3.05, 3.63) is 59.7 Å². The molecule has 1 fully saturated rings. The van der Waals surface area contributed by atoms with Gasteiger partial charge in [-0.1, -0.05) is 18.2 Å². The van der Waals surface area contributed by atoms with Gasteiger partial charge in [0, 0.05) is 38.4 Å². The Kier molecular flexibility index (Phi) is 5.71. The van der Waals surface area contributed by atoms with Gasteiger partial charge in [-0.3, -0.25) is 0 Å². The number of urea groups is 1. The third kappa shape index (κ3) is 4.31. The van der Waals surface area contributed by atoms with Crippen LogP contribution in [-0.4, -0.2) is 31.1 Å². The van der Waals surface area contributed by atoms with Crippen LogP contribution >= 0.6 is 0 Å². The van der Waals surface area contributed by atoms with Gasteiger partial charge in [0.1, 0.15) is 11.6 Å². The van der Waals surface area contributed by atoms with E-state index in [4.69, 9.17) is 0 Å². The summed E-state index contributed by atoms with van der Waals surface area (Å²) in [6, 6.07) is 10.7. The van der Waals surface area contributed by atoms with Gasteiger partial charge >= 0.3 is 6.03 Å². The van der Waals surface area contributed by atoms with E-state index in [9.17, 15) is 13.6 Å². The topological polar surface area (TPSA) is 35.6 Å². The van der Waals surface area contributed by atoms with E-state index in [0.717, 1.165) is 36.5 Å². The molecule has 0 saturated carbocycles. The number of nitrogens with zero attached hydrogens (tertiary/aromatic N) is 2. The molecule has 0 unspecified atom stereocenters. The Balaban J connectivity index is 1.69. The molecule has 2 amide bonds. The van der Waals surface area contributed by atoms with Crippen molar-refractivity contribution < 1.29 is 13.6 Å². The average molecular weight is 359 g/mol. The molecule has 1 N–H and O–H groups in total. The van der Waals surface area contributed by atoms with Crippen molar-refractivity contribution in [1.82, 2.24) is 4.90 Å². The maximum atomic E-state index is 13.7. The summed E-state index contributed by atoms with van der Waals surface area (Å²) in [5.41, 5.74) is 2.15. The number of carbonyl (C=O) groups is 1. The van der Waals surface area contributed by atoms with Crippen LogP contribution in [0.5, 0.6) is 0 Å². The quantitative estimate of drug-likeness (QED) is 0.865. The summed E-state index contributed by atoms with van der Waals surface area (Å²) in [5, 5.41) is 2.49. The first-order valence-corrected chi connectivity index (χ1v) is 8.84. The second-order valence-corrected chi connectivity index (χ2v) is 6.59. The number of para-hydroxylation sites is 1. The van der Waals surface area contributed by atoms with Gasteiger partial charge in [-0.15, -0.1) is 0 Å². The average Bonchev–Trinajstić information content (AvgIpc) is 2.65. The lowest BCUT2D eigenvalue weighted by Gasteiger charge is -2.31. The summed E-state index contributed by atoms with van der Waals surface area (Å²) < 4.78 is 26.7. The molecule has 0 aromatic heterocycles. The predicted molar refractivity (Wildman–Crippen MR) is 99.3 cm³/mol. The van der Waals surface area contributed by atoms with Gasteiger partial charge in [0.15, 0.2) is 0 Å². The molecule has 2 aromatic carbocycles. The first-order valence-electron chi connectivity index (χ1n) is 8.84. The van der Waals surface area contributed by atoms with Crippen LogP contribution in [-0.2, 0) is 6.54 Å². The molecule has 0 spiro atoms. The molecule has 0 bridgehead atoms. The van der Waals surface area contributed by atoms with Gasteiger partial charge in [-0.2, -0.15) is 0 Å². The van der Waals surface area contributed by atoms with Crippen LogP contribution in [0.15, 0.2) is 42.5 Å². The molecule has 3 rings (SSSR count). The molecule has 4 nitrogen and oxygen atoms in total. The minimum atomic E-state index is -0.791. The molecule has 0 radical (unpaired) electrons. The molecule has 138 valence electrons. The van der Waals surface area contributed by atoms with Gasteiger partial charge in [0.25, 0.3) is 0 Å². The van der Waals surface area contributed by atoms with Gasteiger partial charge in [-0.05, 0) is 43.0 Å². The fourth-order valence-electron chi connectivity index (χ4n) is 3.22. The number of carbonyl (C=O) groups excluding carboxylic acids is 1. The van der Waals surface area contributed by atoms with Crippen LogP contribution < -0.4 is 10.2 Å². The summed E-state index contributed by atoms with van der Waals surface area (Å²) in [5.74, 6) is -1.47. The fraction of sp³-hybridized carbons (Fsp3) is 0.350. The SMILES string of the molecule is CN(Cc1ccccc1N1CCCCC1)C(=O)Nc1ccc(F)cc1F. The van der Waals surface area contributed by atoms with Crippen molar-refractivity contribution in [2.75, 3.05) is 30.4 Å². The van der Waals surface area contributed by atoms with Crippen LogP contribution in [0, 0.1) is 11.6 Å². The number of hydrogen-bond acceptors (Lipinski definition) is 2. The van der Waals surface area contributed by atoms with Crippen LogP contribution in [0.1, 0.15) is 24.8 Å². The van der Waals surface area contributed by atoms with Crippen LogP contribution in [0.2, 0.25) is 0 Å². The van der Waals surface area contributed by atoms with Crippen molar-refractivity contribution in [3.8, 4) is 0 Å². The van der Waals surface area contributed by atoms with Gasteiger partial charge in [0.05, 0.1) is 5.69 Å². The molecule has 1 saturated heterocycles. The third-order valence-corrected chi connectivity index (χ3v) is 4.62. The summed E-state index contributed by atoms with van der Waals surface area (Å²) in [4.78, 5) is 16.2. The molecular formula is C20H23F2N3O. The van der Waals surface area contributed by atoms with E-state index in [2.05, 4.69) is 16.3 Å². The van der Waals surface area contributed by atoms with Crippen molar-refractivity contribution in [2.24, 2.45) is 0 Å². The number of piperidine rings is 1. The lowest BCUT2D eigenvalue weighted by Crippen LogP contribution is -2.33. The Hall–Kier alpha value is -2.63. The Bertz CT molecular complexity index is 775. The Morgan fingerprint density at radius 3 is 2.58 bits per heavy atom. The first-order chi connectivity index (χ1) is 12.5. The van der Waals surface area contributed by atoms with E-state index in [1.54, 1.807) is 7.05 Å². The summed E-state index contributed by atoms with van der Waals surface area (Å²) in [6.45, 7) is 2.45. The monoisotopic (exact) mass is 359 g/mol. The zero-order chi connectivity index (χ0) is 18.5. The number of anilines is 2. The number of benzene rings is 2. The van der Waals surface area contributed by atoms with E-state index >= 15 is 0 Å². The highest BCUT2D eigenvalue weighted by molar-refractivity contribution is 5.89. The third-order valence-electron chi connectivity index (χ3n) is 4.62. The molecule has 0 atom stereocenters. The van der Waals surface area contributed by atoms with E-state index in [1.165, 1.54) is 30.2 Å². The number of hydrogen-bond donors (Lipinski definition) is 1. The highest BCUT2D eigenvalue weighted by atomic mass is 19.1. The Labute approximate surface area is 152 Å². The number of rotatable bonds is 4. The zero-order valence-electron chi connectivity index (χ0n) is 14.8. The molecule has 2 aromatic rings. The van der Waals surface area contributed by atoms with Crippen LogP contribution in [0.25, 0.3) is 0 Å². The number of nitrogens with one attached hydrogen (secondary N) is 1. The minimum absolute atomic E-state index is 0.0347. The van der Waals surface area contributed by atoms with E-state index in [1.807, 2.05) is 18.2 Å².